The Hall–Kier alpha value is -3.15. The Morgan fingerprint density at radius 3 is 2.38 bits per heavy atom. The molecule has 1 aromatic heterocycles. The van der Waals surface area contributed by atoms with Crippen LogP contribution in [-0.4, -0.2) is 42.9 Å². The molecule has 0 fully saturated rings. The van der Waals surface area contributed by atoms with Crippen molar-refractivity contribution in [1.82, 2.24) is 9.29 Å². The van der Waals surface area contributed by atoms with Crippen LogP contribution in [0, 0.1) is 10.1 Å². The standard InChI is InChI=1S/C18H17N5O4S2/c1-22(2)29(26,27)16-9-5-14(6-10-16)17-12-28-18(20-17)21-19-11-13-3-7-15(8-4-13)23(24)25/h3-12H,1-2H3,(H,20,21). The van der Waals surface area contributed by atoms with Crippen LogP contribution >= 0.6 is 11.3 Å². The fourth-order valence-corrected chi connectivity index (χ4v) is 3.88. The molecule has 3 aromatic rings. The number of nitrogens with one attached hydrogen (secondary N) is 1. The van der Waals surface area contributed by atoms with Crippen LogP contribution in [0.3, 0.4) is 0 Å². The molecule has 0 aliphatic heterocycles. The van der Waals surface area contributed by atoms with E-state index in [1.165, 1.54) is 43.8 Å². The molecule has 0 atom stereocenters. The molecule has 0 saturated carbocycles. The first-order valence-electron chi connectivity index (χ1n) is 8.29. The van der Waals surface area contributed by atoms with Crippen molar-refractivity contribution in [1.29, 1.82) is 0 Å². The highest BCUT2D eigenvalue weighted by Gasteiger charge is 2.17. The van der Waals surface area contributed by atoms with Gasteiger partial charge in [-0.1, -0.05) is 12.1 Å². The predicted molar refractivity (Wildman–Crippen MR) is 113 cm³/mol. The first-order valence-corrected chi connectivity index (χ1v) is 10.6. The summed E-state index contributed by atoms with van der Waals surface area (Å²) < 4.78 is 25.4. The van der Waals surface area contributed by atoms with Gasteiger partial charge in [0.1, 0.15) is 0 Å². The second-order valence-electron chi connectivity index (χ2n) is 6.07. The minimum absolute atomic E-state index is 0.0177. The van der Waals surface area contributed by atoms with Gasteiger partial charge in [-0.2, -0.15) is 5.10 Å². The fraction of sp³-hybridized carbons (Fsp3) is 0.111. The van der Waals surface area contributed by atoms with Crippen LogP contribution in [0.2, 0.25) is 0 Å². The number of nitro groups is 1. The van der Waals surface area contributed by atoms with Gasteiger partial charge in [0.05, 0.1) is 21.7 Å². The lowest BCUT2D eigenvalue weighted by atomic mass is 10.2. The number of nitrogens with zero attached hydrogens (tertiary/aromatic N) is 4. The normalized spacial score (nSPS) is 11.8. The minimum Gasteiger partial charge on any atom is -0.258 e. The van der Waals surface area contributed by atoms with E-state index in [2.05, 4.69) is 15.5 Å². The minimum atomic E-state index is -3.47. The molecular weight excluding hydrogens is 414 g/mol. The number of anilines is 1. The number of aromatic nitrogens is 1. The molecule has 0 saturated heterocycles. The number of sulfonamides is 1. The van der Waals surface area contributed by atoms with Gasteiger partial charge in [0, 0.05) is 37.2 Å². The predicted octanol–water partition coefficient (Wildman–Crippen LogP) is 3.41. The highest BCUT2D eigenvalue weighted by Crippen LogP contribution is 2.26. The quantitative estimate of drug-likeness (QED) is 0.348. The summed E-state index contributed by atoms with van der Waals surface area (Å²) in [6, 6.07) is 12.5. The number of hydrogen-bond acceptors (Lipinski definition) is 8. The van der Waals surface area contributed by atoms with E-state index in [-0.39, 0.29) is 10.6 Å². The van der Waals surface area contributed by atoms with E-state index in [4.69, 9.17) is 0 Å². The summed E-state index contributed by atoms with van der Waals surface area (Å²) in [5.41, 5.74) is 5.01. The van der Waals surface area contributed by atoms with Gasteiger partial charge in [-0.05, 0) is 29.8 Å². The molecular formula is C18H17N5O4S2. The summed E-state index contributed by atoms with van der Waals surface area (Å²) in [5.74, 6) is 0. The van der Waals surface area contributed by atoms with E-state index in [9.17, 15) is 18.5 Å². The molecule has 9 nitrogen and oxygen atoms in total. The third-order valence-corrected chi connectivity index (χ3v) is 6.49. The number of non-ortho nitro benzene ring substituents is 1. The van der Waals surface area contributed by atoms with Crippen molar-refractivity contribution < 1.29 is 13.3 Å². The first kappa shape index (κ1) is 20.6. The number of hydrazone groups is 1. The highest BCUT2D eigenvalue weighted by atomic mass is 32.2. The van der Waals surface area contributed by atoms with Crippen molar-refractivity contribution in [2.75, 3.05) is 19.5 Å². The monoisotopic (exact) mass is 431 g/mol. The molecule has 0 aliphatic rings. The summed E-state index contributed by atoms with van der Waals surface area (Å²) in [7, 11) is -0.500. The zero-order chi connectivity index (χ0) is 21.0. The van der Waals surface area contributed by atoms with Crippen molar-refractivity contribution in [2.24, 2.45) is 5.10 Å². The molecule has 0 unspecified atom stereocenters. The third kappa shape index (κ3) is 4.83. The Morgan fingerprint density at radius 1 is 1.14 bits per heavy atom. The Bertz CT molecular complexity index is 1140. The SMILES string of the molecule is CN(C)S(=O)(=O)c1ccc(-c2csc(NN=Cc3ccc([N+](=O)[O-])cc3)n2)cc1. The lowest BCUT2D eigenvalue weighted by Gasteiger charge is -2.11. The Kier molecular flexibility index (Phi) is 6.01. The van der Waals surface area contributed by atoms with Gasteiger partial charge in [-0.25, -0.2) is 17.7 Å². The van der Waals surface area contributed by atoms with Crippen molar-refractivity contribution >= 4 is 38.4 Å². The molecule has 11 heteroatoms. The van der Waals surface area contributed by atoms with Crippen molar-refractivity contribution in [3.63, 3.8) is 0 Å². The Morgan fingerprint density at radius 2 is 1.79 bits per heavy atom. The number of benzene rings is 2. The van der Waals surface area contributed by atoms with Crippen molar-refractivity contribution in [3.8, 4) is 11.3 Å². The average Bonchev–Trinajstić information content (AvgIpc) is 3.17. The van der Waals surface area contributed by atoms with Gasteiger partial charge < -0.3 is 0 Å². The number of nitro benzene ring substituents is 1. The molecule has 2 aromatic carbocycles. The van der Waals surface area contributed by atoms with E-state index in [1.54, 1.807) is 36.4 Å². The van der Waals surface area contributed by atoms with E-state index in [0.29, 0.717) is 16.4 Å². The van der Waals surface area contributed by atoms with Crippen LogP contribution in [-0.2, 0) is 10.0 Å². The van der Waals surface area contributed by atoms with Gasteiger partial charge in [0.25, 0.3) is 5.69 Å². The van der Waals surface area contributed by atoms with Gasteiger partial charge in [-0.15, -0.1) is 11.3 Å². The third-order valence-electron chi connectivity index (χ3n) is 3.91. The van der Waals surface area contributed by atoms with E-state index >= 15 is 0 Å². The second-order valence-corrected chi connectivity index (χ2v) is 9.08. The number of hydrogen-bond donors (Lipinski definition) is 1. The first-order chi connectivity index (χ1) is 13.8. The van der Waals surface area contributed by atoms with E-state index in [1.807, 2.05) is 5.38 Å². The summed E-state index contributed by atoms with van der Waals surface area (Å²) in [6.07, 6.45) is 1.53. The van der Waals surface area contributed by atoms with E-state index < -0.39 is 14.9 Å². The zero-order valence-electron chi connectivity index (χ0n) is 15.5. The molecule has 1 heterocycles. The van der Waals surface area contributed by atoms with Gasteiger partial charge >= 0.3 is 0 Å². The van der Waals surface area contributed by atoms with Crippen LogP contribution in [0.5, 0.6) is 0 Å². The van der Waals surface area contributed by atoms with Crippen LogP contribution in [0.1, 0.15) is 5.56 Å². The van der Waals surface area contributed by atoms with Gasteiger partial charge in [0.2, 0.25) is 15.2 Å². The Balaban J connectivity index is 1.67. The lowest BCUT2D eigenvalue weighted by Crippen LogP contribution is -2.22. The zero-order valence-corrected chi connectivity index (χ0v) is 17.1. The second kappa shape index (κ2) is 8.47. The maximum absolute atomic E-state index is 12.1. The smallest absolute Gasteiger partial charge is 0.258 e. The van der Waals surface area contributed by atoms with E-state index in [0.717, 1.165) is 9.87 Å². The molecule has 0 radical (unpaired) electrons. The Labute approximate surface area is 171 Å². The summed E-state index contributed by atoms with van der Waals surface area (Å²) in [6.45, 7) is 0. The molecule has 0 amide bonds. The van der Waals surface area contributed by atoms with Gasteiger partial charge in [-0.3, -0.25) is 15.5 Å². The van der Waals surface area contributed by atoms with Crippen LogP contribution in [0.15, 0.2) is 63.9 Å². The van der Waals surface area contributed by atoms with Crippen molar-refractivity contribution in [3.05, 3.63) is 69.6 Å². The maximum Gasteiger partial charge on any atom is 0.269 e. The molecule has 29 heavy (non-hydrogen) atoms. The highest BCUT2D eigenvalue weighted by molar-refractivity contribution is 7.89. The summed E-state index contributed by atoms with van der Waals surface area (Å²) in [5, 5.41) is 17.1. The molecule has 1 N–H and O–H groups in total. The average molecular weight is 431 g/mol. The largest absolute Gasteiger partial charge is 0.269 e. The topological polar surface area (TPSA) is 118 Å². The summed E-state index contributed by atoms with van der Waals surface area (Å²) >= 11 is 1.35. The molecule has 0 aliphatic carbocycles. The molecule has 0 spiro atoms. The maximum atomic E-state index is 12.1. The van der Waals surface area contributed by atoms with Gasteiger partial charge in [0.15, 0.2) is 0 Å². The van der Waals surface area contributed by atoms with Crippen LogP contribution in [0.25, 0.3) is 11.3 Å². The van der Waals surface area contributed by atoms with Crippen LogP contribution < -0.4 is 5.43 Å². The van der Waals surface area contributed by atoms with Crippen LogP contribution in [0.4, 0.5) is 10.8 Å². The molecule has 150 valence electrons. The lowest BCUT2D eigenvalue weighted by molar-refractivity contribution is -0.384. The fourth-order valence-electron chi connectivity index (χ4n) is 2.31. The summed E-state index contributed by atoms with van der Waals surface area (Å²) in [4.78, 5) is 14.8. The number of rotatable bonds is 7. The molecule has 3 rings (SSSR count). The molecule has 0 bridgehead atoms. The number of thiazole rings is 1. The van der Waals surface area contributed by atoms with Crippen molar-refractivity contribution in [2.45, 2.75) is 4.90 Å².